The van der Waals surface area contributed by atoms with Gasteiger partial charge in [-0.05, 0) is 31.4 Å². The van der Waals surface area contributed by atoms with Gasteiger partial charge >= 0.3 is 0 Å². The Bertz CT molecular complexity index is 339. The maximum atomic E-state index is 5.74. The minimum Gasteiger partial charge on any atom is -0.379 e. The number of nitrogens with zero attached hydrogens (tertiary/aromatic N) is 2. The van der Waals surface area contributed by atoms with E-state index in [0.717, 1.165) is 37.4 Å². The average molecular weight is 228 g/mol. The predicted molar refractivity (Wildman–Crippen MR) is 59.2 cm³/mol. The number of aromatic nitrogens is 2. The molecule has 0 spiro atoms. The third-order valence-corrected chi connectivity index (χ3v) is 2.63. The number of hydrogen-bond acceptors (Lipinski definition) is 4. The van der Waals surface area contributed by atoms with Crippen LogP contribution in [0.15, 0.2) is 6.20 Å². The van der Waals surface area contributed by atoms with Gasteiger partial charge in [-0.25, -0.2) is 9.97 Å². The van der Waals surface area contributed by atoms with Gasteiger partial charge in [-0.1, -0.05) is 0 Å². The third kappa shape index (κ3) is 2.79. The number of hydrogen-bond donors (Lipinski definition) is 1. The Morgan fingerprint density at radius 3 is 3.20 bits per heavy atom. The minimum absolute atomic E-state index is 0.278. The highest BCUT2D eigenvalue weighted by Crippen LogP contribution is 2.17. The van der Waals surface area contributed by atoms with Crippen molar-refractivity contribution in [1.29, 1.82) is 0 Å². The van der Waals surface area contributed by atoms with Crippen molar-refractivity contribution in [2.75, 3.05) is 18.5 Å². The van der Waals surface area contributed by atoms with Gasteiger partial charge in [-0.2, -0.15) is 0 Å². The number of rotatable bonds is 2. The van der Waals surface area contributed by atoms with Gasteiger partial charge in [0.25, 0.3) is 0 Å². The topological polar surface area (TPSA) is 47.0 Å². The summed E-state index contributed by atoms with van der Waals surface area (Å²) in [6.07, 6.45) is 3.93. The van der Waals surface area contributed by atoms with Gasteiger partial charge in [0, 0.05) is 18.4 Å². The van der Waals surface area contributed by atoms with Crippen molar-refractivity contribution >= 4 is 17.4 Å². The van der Waals surface area contributed by atoms with Crippen molar-refractivity contribution in [2.45, 2.75) is 25.8 Å². The second kappa shape index (κ2) is 4.77. The molecule has 1 aromatic heterocycles. The SMILES string of the molecule is Cc1cnc(Cl)nc1N[C@@H]1CCCOC1. The van der Waals surface area contributed by atoms with Crippen LogP contribution in [-0.2, 0) is 4.74 Å². The molecule has 0 bridgehead atoms. The Morgan fingerprint density at radius 1 is 1.60 bits per heavy atom. The van der Waals surface area contributed by atoms with Gasteiger partial charge in [0.1, 0.15) is 5.82 Å². The molecule has 15 heavy (non-hydrogen) atoms. The Labute approximate surface area is 94.0 Å². The molecule has 1 aliphatic rings. The molecule has 0 aliphatic carbocycles. The first-order chi connectivity index (χ1) is 7.25. The highest BCUT2D eigenvalue weighted by atomic mass is 35.5. The van der Waals surface area contributed by atoms with Crippen molar-refractivity contribution in [3.63, 3.8) is 0 Å². The van der Waals surface area contributed by atoms with Crippen molar-refractivity contribution in [3.8, 4) is 0 Å². The standard InChI is InChI=1S/C10H14ClN3O/c1-7-5-12-10(11)14-9(7)13-8-3-2-4-15-6-8/h5,8H,2-4,6H2,1H3,(H,12,13,14)/t8-/m1/s1. The molecule has 1 aliphatic heterocycles. The summed E-state index contributed by atoms with van der Waals surface area (Å²) in [5.41, 5.74) is 1.00. The summed E-state index contributed by atoms with van der Waals surface area (Å²) < 4.78 is 5.39. The summed E-state index contributed by atoms with van der Waals surface area (Å²) in [7, 11) is 0. The summed E-state index contributed by atoms with van der Waals surface area (Å²) in [6, 6.07) is 0.336. The summed E-state index contributed by atoms with van der Waals surface area (Å²) in [5, 5.41) is 3.61. The lowest BCUT2D eigenvalue weighted by Crippen LogP contribution is -2.30. The zero-order valence-corrected chi connectivity index (χ0v) is 9.42. The van der Waals surface area contributed by atoms with E-state index >= 15 is 0 Å². The van der Waals surface area contributed by atoms with Crippen LogP contribution < -0.4 is 5.32 Å². The van der Waals surface area contributed by atoms with E-state index in [2.05, 4.69) is 15.3 Å². The minimum atomic E-state index is 0.278. The second-order valence-corrected chi connectivity index (χ2v) is 4.07. The van der Waals surface area contributed by atoms with Crippen LogP contribution in [0.1, 0.15) is 18.4 Å². The van der Waals surface area contributed by atoms with Gasteiger partial charge in [-0.3, -0.25) is 0 Å². The van der Waals surface area contributed by atoms with Crippen LogP contribution in [0, 0.1) is 6.92 Å². The van der Waals surface area contributed by atoms with Gasteiger partial charge < -0.3 is 10.1 Å². The van der Waals surface area contributed by atoms with Gasteiger partial charge in [-0.15, -0.1) is 0 Å². The fourth-order valence-electron chi connectivity index (χ4n) is 1.61. The van der Waals surface area contributed by atoms with E-state index in [-0.39, 0.29) is 5.28 Å². The van der Waals surface area contributed by atoms with Crippen molar-refractivity contribution in [2.24, 2.45) is 0 Å². The molecule has 0 radical (unpaired) electrons. The van der Waals surface area contributed by atoms with Gasteiger partial charge in [0.15, 0.2) is 0 Å². The molecule has 82 valence electrons. The van der Waals surface area contributed by atoms with Crippen LogP contribution in [0.3, 0.4) is 0 Å². The molecule has 4 nitrogen and oxygen atoms in total. The van der Waals surface area contributed by atoms with E-state index in [1.165, 1.54) is 0 Å². The van der Waals surface area contributed by atoms with Crippen molar-refractivity contribution < 1.29 is 4.74 Å². The maximum Gasteiger partial charge on any atom is 0.224 e. The van der Waals surface area contributed by atoms with E-state index in [1.807, 2.05) is 6.92 Å². The van der Waals surface area contributed by atoms with Crippen LogP contribution in [0.4, 0.5) is 5.82 Å². The predicted octanol–water partition coefficient (Wildman–Crippen LogP) is 2.03. The molecule has 0 unspecified atom stereocenters. The second-order valence-electron chi connectivity index (χ2n) is 3.73. The van der Waals surface area contributed by atoms with E-state index in [4.69, 9.17) is 16.3 Å². The van der Waals surface area contributed by atoms with Crippen LogP contribution in [0.25, 0.3) is 0 Å². The third-order valence-electron chi connectivity index (χ3n) is 2.44. The molecule has 5 heteroatoms. The van der Waals surface area contributed by atoms with E-state index in [1.54, 1.807) is 6.20 Å². The van der Waals surface area contributed by atoms with Crippen LogP contribution in [0.2, 0.25) is 5.28 Å². The number of halogens is 1. The van der Waals surface area contributed by atoms with E-state index in [9.17, 15) is 0 Å². The monoisotopic (exact) mass is 227 g/mol. The highest BCUT2D eigenvalue weighted by Gasteiger charge is 2.15. The average Bonchev–Trinajstić information content (AvgIpc) is 2.25. The molecule has 0 saturated carbocycles. The molecule has 1 atom stereocenters. The Hall–Kier alpha value is -0.870. The molecule has 1 fully saturated rings. The van der Waals surface area contributed by atoms with Crippen LogP contribution in [-0.4, -0.2) is 29.2 Å². The largest absolute Gasteiger partial charge is 0.379 e. The number of aryl methyl sites for hydroxylation is 1. The zero-order valence-electron chi connectivity index (χ0n) is 8.66. The van der Waals surface area contributed by atoms with E-state index < -0.39 is 0 Å². The molecule has 1 saturated heterocycles. The molecule has 2 heterocycles. The highest BCUT2D eigenvalue weighted by molar-refractivity contribution is 6.28. The first-order valence-electron chi connectivity index (χ1n) is 5.09. The molecule has 0 aromatic carbocycles. The van der Waals surface area contributed by atoms with Gasteiger partial charge in [0.05, 0.1) is 12.6 Å². The summed E-state index contributed by atoms with van der Waals surface area (Å²) in [6.45, 7) is 3.56. The zero-order chi connectivity index (χ0) is 10.7. The summed E-state index contributed by atoms with van der Waals surface area (Å²) >= 11 is 5.74. The molecule has 1 aromatic rings. The quantitative estimate of drug-likeness (QED) is 0.786. The normalized spacial score (nSPS) is 21.3. The molecule has 0 amide bonds. The molecule has 2 rings (SSSR count). The van der Waals surface area contributed by atoms with Crippen LogP contribution in [0.5, 0.6) is 0 Å². The molecular formula is C10H14ClN3O. The van der Waals surface area contributed by atoms with Gasteiger partial charge in [0.2, 0.25) is 5.28 Å². The van der Waals surface area contributed by atoms with E-state index in [0.29, 0.717) is 6.04 Å². The van der Waals surface area contributed by atoms with Crippen molar-refractivity contribution in [1.82, 2.24) is 9.97 Å². The Morgan fingerprint density at radius 2 is 2.47 bits per heavy atom. The lowest BCUT2D eigenvalue weighted by molar-refractivity contribution is 0.0875. The Balaban J connectivity index is 2.05. The van der Waals surface area contributed by atoms with Crippen LogP contribution >= 0.6 is 11.6 Å². The number of anilines is 1. The summed E-state index contributed by atoms with van der Waals surface area (Å²) in [4.78, 5) is 8.07. The lowest BCUT2D eigenvalue weighted by Gasteiger charge is -2.24. The summed E-state index contributed by atoms with van der Waals surface area (Å²) in [5.74, 6) is 0.811. The van der Waals surface area contributed by atoms with Crippen molar-refractivity contribution in [3.05, 3.63) is 17.0 Å². The number of ether oxygens (including phenoxy) is 1. The lowest BCUT2D eigenvalue weighted by atomic mass is 10.1. The fraction of sp³-hybridized carbons (Fsp3) is 0.600. The first-order valence-corrected chi connectivity index (χ1v) is 5.47. The fourth-order valence-corrected chi connectivity index (χ4v) is 1.75. The molecule has 1 N–H and O–H groups in total. The number of nitrogens with one attached hydrogen (secondary N) is 1. The Kier molecular flexibility index (Phi) is 3.38. The molecular weight excluding hydrogens is 214 g/mol. The maximum absolute atomic E-state index is 5.74. The smallest absolute Gasteiger partial charge is 0.224 e. The first kappa shape index (κ1) is 10.6.